The zero-order valence-corrected chi connectivity index (χ0v) is 20.8. The number of hydrogen-bond donors (Lipinski definition) is 1. The Morgan fingerprint density at radius 3 is 2.41 bits per heavy atom. The Labute approximate surface area is 206 Å². The molecular weight excluding hydrogens is 450 g/mol. The number of anilines is 1. The number of rotatable bonds is 8. The van der Waals surface area contributed by atoms with Gasteiger partial charge >= 0.3 is 5.97 Å². The maximum Gasteiger partial charge on any atom is 0.328 e. The minimum atomic E-state index is -0.480. The number of aromatic nitrogens is 2. The minimum Gasteiger partial charge on any atom is -0.467 e. The number of carbonyl (C=O) groups excluding carboxylic acids is 1. The molecule has 0 radical (unpaired) electrons. The van der Waals surface area contributed by atoms with E-state index in [-0.39, 0.29) is 11.9 Å². The quantitative estimate of drug-likeness (QED) is 0.483. The monoisotopic (exact) mass is 481 g/mol. The van der Waals surface area contributed by atoms with Crippen molar-refractivity contribution in [2.75, 3.05) is 38.6 Å². The fourth-order valence-electron chi connectivity index (χ4n) is 4.28. The second kappa shape index (κ2) is 11.1. The van der Waals surface area contributed by atoms with E-state index in [4.69, 9.17) is 26.3 Å². The maximum atomic E-state index is 12.3. The van der Waals surface area contributed by atoms with Crippen LogP contribution in [-0.4, -0.2) is 65.1 Å². The Bertz CT molecular complexity index is 1130. The average Bonchev–Trinajstić information content (AvgIpc) is 2.83. The van der Waals surface area contributed by atoms with Crippen molar-refractivity contribution in [2.45, 2.75) is 33.0 Å². The lowest BCUT2D eigenvalue weighted by atomic mass is 10.0. The molecule has 0 aliphatic carbocycles. The van der Waals surface area contributed by atoms with Crippen molar-refractivity contribution in [1.82, 2.24) is 19.8 Å². The molecule has 0 spiro atoms. The predicted octanol–water partition coefficient (Wildman–Crippen LogP) is 4.21. The van der Waals surface area contributed by atoms with Gasteiger partial charge in [0.1, 0.15) is 17.7 Å². The van der Waals surface area contributed by atoms with Crippen LogP contribution in [0.2, 0.25) is 5.02 Å². The summed E-state index contributed by atoms with van der Waals surface area (Å²) in [5.74, 6) is 1.17. The van der Waals surface area contributed by atoms with E-state index < -0.39 is 6.04 Å². The number of piperazine rings is 1. The van der Waals surface area contributed by atoms with Crippen LogP contribution < -0.4 is 5.32 Å². The third kappa shape index (κ3) is 6.03. The highest BCUT2D eigenvalue weighted by atomic mass is 35.5. The lowest BCUT2D eigenvalue weighted by Gasteiger charge is -2.34. The normalized spacial score (nSPS) is 16.0. The zero-order chi connectivity index (χ0) is 24.1. The number of carbonyl (C=O) groups is 1. The largest absolute Gasteiger partial charge is 0.467 e. The number of ether oxygens (including phenoxy) is 1. The molecular formula is C26H32ClN5O2. The lowest BCUT2D eigenvalue weighted by Crippen LogP contribution is -2.45. The van der Waals surface area contributed by atoms with Crippen LogP contribution in [0.15, 0.2) is 48.5 Å². The number of halogens is 1. The zero-order valence-electron chi connectivity index (χ0n) is 20.0. The van der Waals surface area contributed by atoms with Gasteiger partial charge in [0.25, 0.3) is 0 Å². The fraction of sp³-hybridized carbons (Fsp3) is 0.423. The van der Waals surface area contributed by atoms with E-state index in [9.17, 15) is 4.79 Å². The molecule has 7 nitrogen and oxygen atoms in total. The molecule has 2 heterocycles. The van der Waals surface area contributed by atoms with Gasteiger partial charge in [0.15, 0.2) is 0 Å². The van der Waals surface area contributed by atoms with Gasteiger partial charge in [0, 0.05) is 43.1 Å². The van der Waals surface area contributed by atoms with Crippen molar-refractivity contribution in [1.29, 1.82) is 0 Å². The summed E-state index contributed by atoms with van der Waals surface area (Å²) in [7, 11) is 1.41. The van der Waals surface area contributed by atoms with E-state index in [2.05, 4.69) is 21.2 Å². The van der Waals surface area contributed by atoms with Gasteiger partial charge in [-0.2, -0.15) is 0 Å². The second-order valence-electron chi connectivity index (χ2n) is 9.08. The summed E-state index contributed by atoms with van der Waals surface area (Å²) in [6.07, 6.45) is 0. The van der Waals surface area contributed by atoms with Crippen LogP contribution in [0.5, 0.6) is 0 Å². The molecule has 0 saturated carbocycles. The standard InChI is InChI=1S/C26H32ClN5O2/c1-18(2)24(26(33)34-3)30-25-21-9-4-5-10-22(21)28-23(29-25)17-32-13-11-31(12-14-32)16-19-7-6-8-20(27)15-19/h4-10,15,18,24H,11-14,16-17H2,1-3H3,(H,28,29,30)/t24-/m0/s1. The maximum absolute atomic E-state index is 12.3. The van der Waals surface area contributed by atoms with Crippen molar-refractivity contribution in [3.8, 4) is 0 Å². The van der Waals surface area contributed by atoms with E-state index in [1.807, 2.05) is 56.3 Å². The first kappa shape index (κ1) is 24.4. The third-order valence-corrected chi connectivity index (χ3v) is 6.42. The summed E-state index contributed by atoms with van der Waals surface area (Å²) in [6, 6.07) is 15.5. The Balaban J connectivity index is 1.46. The number of esters is 1. The first-order valence-electron chi connectivity index (χ1n) is 11.7. The summed E-state index contributed by atoms with van der Waals surface area (Å²) >= 11 is 6.13. The van der Waals surface area contributed by atoms with Gasteiger partial charge in [-0.05, 0) is 35.7 Å². The smallest absolute Gasteiger partial charge is 0.328 e. The van der Waals surface area contributed by atoms with Crippen molar-refractivity contribution < 1.29 is 9.53 Å². The molecule has 1 aliphatic rings. The Morgan fingerprint density at radius 1 is 1.03 bits per heavy atom. The number of methoxy groups -OCH3 is 1. The Kier molecular flexibility index (Phi) is 7.98. The molecule has 0 bridgehead atoms. The van der Waals surface area contributed by atoms with Crippen LogP contribution in [0.4, 0.5) is 5.82 Å². The highest BCUT2D eigenvalue weighted by Crippen LogP contribution is 2.23. The minimum absolute atomic E-state index is 0.0530. The van der Waals surface area contributed by atoms with Gasteiger partial charge < -0.3 is 10.1 Å². The van der Waals surface area contributed by atoms with E-state index in [1.54, 1.807) is 0 Å². The molecule has 1 N–H and O–H groups in total. The summed E-state index contributed by atoms with van der Waals surface area (Å²) in [6.45, 7) is 9.37. The second-order valence-corrected chi connectivity index (χ2v) is 9.51. The highest BCUT2D eigenvalue weighted by Gasteiger charge is 2.25. The van der Waals surface area contributed by atoms with Gasteiger partial charge in [-0.1, -0.05) is 49.7 Å². The van der Waals surface area contributed by atoms with Gasteiger partial charge in [-0.3, -0.25) is 9.80 Å². The van der Waals surface area contributed by atoms with Crippen LogP contribution in [0.3, 0.4) is 0 Å². The summed E-state index contributed by atoms with van der Waals surface area (Å²) < 4.78 is 5.00. The molecule has 2 aromatic carbocycles. The molecule has 1 aliphatic heterocycles. The van der Waals surface area contributed by atoms with E-state index in [1.165, 1.54) is 12.7 Å². The van der Waals surface area contributed by atoms with Crippen LogP contribution in [0, 0.1) is 5.92 Å². The summed E-state index contributed by atoms with van der Waals surface area (Å²) in [4.78, 5) is 26.8. The van der Waals surface area contributed by atoms with E-state index in [0.29, 0.717) is 12.4 Å². The molecule has 0 amide bonds. The Hall–Kier alpha value is -2.74. The third-order valence-electron chi connectivity index (χ3n) is 6.19. The first-order valence-corrected chi connectivity index (χ1v) is 12.1. The summed E-state index contributed by atoms with van der Waals surface area (Å²) in [5.41, 5.74) is 2.10. The van der Waals surface area contributed by atoms with Crippen LogP contribution in [0.1, 0.15) is 25.2 Å². The predicted molar refractivity (Wildman–Crippen MR) is 136 cm³/mol. The molecule has 1 fully saturated rings. The molecule has 4 rings (SSSR count). The van der Waals surface area contributed by atoms with Gasteiger partial charge in [0.05, 0.1) is 19.2 Å². The molecule has 34 heavy (non-hydrogen) atoms. The molecule has 180 valence electrons. The molecule has 0 unspecified atom stereocenters. The van der Waals surface area contributed by atoms with Gasteiger partial charge in [-0.15, -0.1) is 0 Å². The van der Waals surface area contributed by atoms with Crippen molar-refractivity contribution in [2.24, 2.45) is 5.92 Å². The lowest BCUT2D eigenvalue weighted by molar-refractivity contribution is -0.142. The molecule has 1 saturated heterocycles. The molecule has 1 aromatic heterocycles. The summed E-state index contributed by atoms with van der Waals surface area (Å²) in [5, 5.41) is 5.00. The number of nitrogens with zero attached hydrogens (tertiary/aromatic N) is 4. The van der Waals surface area contributed by atoms with Gasteiger partial charge in [-0.25, -0.2) is 14.8 Å². The van der Waals surface area contributed by atoms with Crippen molar-refractivity contribution in [3.05, 3.63) is 64.9 Å². The van der Waals surface area contributed by atoms with Gasteiger partial charge in [0.2, 0.25) is 0 Å². The molecule has 8 heteroatoms. The van der Waals surface area contributed by atoms with E-state index in [0.717, 1.165) is 54.5 Å². The fourth-order valence-corrected chi connectivity index (χ4v) is 4.49. The number of hydrogen-bond acceptors (Lipinski definition) is 7. The number of para-hydroxylation sites is 1. The molecule has 3 aromatic rings. The highest BCUT2D eigenvalue weighted by molar-refractivity contribution is 6.30. The number of fused-ring (bicyclic) bond motifs is 1. The van der Waals surface area contributed by atoms with Crippen LogP contribution in [-0.2, 0) is 22.6 Å². The number of benzene rings is 2. The Morgan fingerprint density at radius 2 is 1.74 bits per heavy atom. The number of nitrogens with one attached hydrogen (secondary N) is 1. The topological polar surface area (TPSA) is 70.6 Å². The van der Waals surface area contributed by atoms with Crippen LogP contribution in [0.25, 0.3) is 10.9 Å². The first-order chi connectivity index (χ1) is 16.4. The molecule has 1 atom stereocenters. The van der Waals surface area contributed by atoms with E-state index >= 15 is 0 Å². The van der Waals surface area contributed by atoms with Crippen molar-refractivity contribution >= 4 is 34.3 Å². The van der Waals surface area contributed by atoms with Crippen LogP contribution >= 0.6 is 11.6 Å². The van der Waals surface area contributed by atoms with Crippen molar-refractivity contribution in [3.63, 3.8) is 0 Å². The average molecular weight is 482 g/mol. The SMILES string of the molecule is COC(=O)[C@@H](Nc1nc(CN2CCN(Cc3cccc(Cl)c3)CC2)nc2ccccc12)C(C)C.